The molecule has 158 valence electrons. The van der Waals surface area contributed by atoms with Crippen molar-refractivity contribution in [3.8, 4) is 11.5 Å². The maximum absolute atomic E-state index is 12.6. The summed E-state index contributed by atoms with van der Waals surface area (Å²) in [5.74, 6) is -0.0336. The molecule has 2 aromatic rings. The Balaban J connectivity index is 1.56. The third-order valence-corrected chi connectivity index (χ3v) is 4.81. The molecule has 0 aliphatic carbocycles. The Morgan fingerprint density at radius 1 is 1.38 bits per heavy atom. The third-order valence-electron chi connectivity index (χ3n) is 4.56. The number of aromatic nitrogens is 2. The Morgan fingerprint density at radius 3 is 2.72 bits per heavy atom. The highest BCUT2D eigenvalue weighted by molar-refractivity contribution is 6.30. The number of benzene rings is 1. The van der Waals surface area contributed by atoms with Crippen molar-refractivity contribution < 1.29 is 27.1 Å². The van der Waals surface area contributed by atoms with Crippen LogP contribution < -0.4 is 5.32 Å². The molecule has 1 amide bonds. The van der Waals surface area contributed by atoms with Crippen LogP contribution in [0.1, 0.15) is 20.3 Å². The molecular formula is C18H20ClF3N4O3. The van der Waals surface area contributed by atoms with E-state index < -0.39 is 24.4 Å². The van der Waals surface area contributed by atoms with Gasteiger partial charge in [-0.05, 0) is 44.5 Å². The molecule has 0 unspecified atom stereocenters. The van der Waals surface area contributed by atoms with Crippen molar-refractivity contribution in [1.29, 1.82) is 0 Å². The van der Waals surface area contributed by atoms with Crippen LogP contribution in [0.2, 0.25) is 5.02 Å². The quantitative estimate of drug-likeness (QED) is 0.748. The van der Waals surface area contributed by atoms with Gasteiger partial charge in [0.1, 0.15) is 12.6 Å². The second kappa shape index (κ2) is 8.19. The average Bonchev–Trinajstić information content (AvgIpc) is 3.27. The van der Waals surface area contributed by atoms with E-state index >= 15 is 0 Å². The van der Waals surface area contributed by atoms with Crippen molar-refractivity contribution in [3.05, 3.63) is 29.3 Å². The largest absolute Gasteiger partial charge is 0.411 e. The number of rotatable bonds is 6. The van der Waals surface area contributed by atoms with Crippen LogP contribution in [0.3, 0.4) is 0 Å². The van der Waals surface area contributed by atoms with Crippen molar-refractivity contribution in [2.75, 3.05) is 25.0 Å². The number of likely N-dealkylation sites (tertiary alicyclic amines) is 1. The zero-order valence-corrected chi connectivity index (χ0v) is 16.5. The SMILES string of the molecule is C[C@@H](Nc1nnc(-c2ccc(Cl)cc2)o1)C(=O)N1CC[C@@](C)(OCC(F)(F)F)C1. The lowest BCUT2D eigenvalue weighted by atomic mass is 10.1. The van der Waals surface area contributed by atoms with Gasteiger partial charge in [0, 0.05) is 23.7 Å². The van der Waals surface area contributed by atoms with Crippen LogP contribution in [0, 0.1) is 0 Å². The number of halogens is 4. The van der Waals surface area contributed by atoms with Crippen LogP contribution in [0.5, 0.6) is 0 Å². The van der Waals surface area contributed by atoms with Gasteiger partial charge in [-0.1, -0.05) is 16.7 Å². The molecule has 1 aliphatic heterocycles. The maximum atomic E-state index is 12.6. The molecule has 29 heavy (non-hydrogen) atoms. The summed E-state index contributed by atoms with van der Waals surface area (Å²) in [6.45, 7) is 2.23. The molecule has 1 N–H and O–H groups in total. The number of nitrogens with zero attached hydrogens (tertiary/aromatic N) is 3. The van der Waals surface area contributed by atoms with E-state index in [4.69, 9.17) is 20.8 Å². The van der Waals surface area contributed by atoms with Crippen molar-refractivity contribution in [1.82, 2.24) is 15.1 Å². The van der Waals surface area contributed by atoms with Gasteiger partial charge in [0.2, 0.25) is 11.8 Å². The van der Waals surface area contributed by atoms with Crippen molar-refractivity contribution >= 4 is 23.5 Å². The summed E-state index contributed by atoms with van der Waals surface area (Å²) in [5.41, 5.74) is -0.358. The van der Waals surface area contributed by atoms with Gasteiger partial charge in [0.05, 0.1) is 5.60 Å². The molecule has 0 radical (unpaired) electrons. The lowest BCUT2D eigenvalue weighted by Gasteiger charge is -2.27. The van der Waals surface area contributed by atoms with Crippen LogP contribution in [-0.2, 0) is 9.53 Å². The summed E-state index contributed by atoms with van der Waals surface area (Å²) in [6, 6.07) is 6.17. The fourth-order valence-corrected chi connectivity index (χ4v) is 3.13. The molecule has 1 fully saturated rings. The van der Waals surface area contributed by atoms with Gasteiger partial charge < -0.3 is 19.4 Å². The van der Waals surface area contributed by atoms with E-state index in [1.807, 2.05) is 0 Å². The molecule has 0 saturated carbocycles. The van der Waals surface area contributed by atoms with Crippen LogP contribution >= 0.6 is 11.6 Å². The molecule has 1 aromatic carbocycles. The van der Waals surface area contributed by atoms with E-state index in [0.29, 0.717) is 23.6 Å². The Bertz CT molecular complexity index is 859. The number of amides is 1. The molecular weight excluding hydrogens is 413 g/mol. The fraction of sp³-hybridized carbons (Fsp3) is 0.500. The van der Waals surface area contributed by atoms with E-state index in [1.54, 1.807) is 38.1 Å². The first-order chi connectivity index (χ1) is 13.5. The van der Waals surface area contributed by atoms with Gasteiger partial charge in [-0.25, -0.2) is 0 Å². The molecule has 2 atom stereocenters. The summed E-state index contributed by atoms with van der Waals surface area (Å²) in [5, 5.41) is 11.2. The normalized spacial score (nSPS) is 20.7. The number of carbonyl (C=O) groups is 1. The molecule has 1 aromatic heterocycles. The second-order valence-corrected chi connectivity index (χ2v) is 7.59. The van der Waals surface area contributed by atoms with Crippen LogP contribution in [0.25, 0.3) is 11.5 Å². The topological polar surface area (TPSA) is 80.5 Å². The zero-order valence-electron chi connectivity index (χ0n) is 15.8. The van der Waals surface area contributed by atoms with E-state index in [9.17, 15) is 18.0 Å². The smallest absolute Gasteiger partial charge is 0.403 e. The van der Waals surface area contributed by atoms with Crippen molar-refractivity contribution in [2.45, 2.75) is 38.1 Å². The Hall–Kier alpha value is -2.33. The van der Waals surface area contributed by atoms with E-state index in [-0.39, 0.29) is 24.4 Å². The minimum absolute atomic E-state index is 0.0612. The minimum atomic E-state index is -4.41. The molecule has 11 heteroatoms. The number of hydrogen-bond donors (Lipinski definition) is 1. The monoisotopic (exact) mass is 432 g/mol. The highest BCUT2D eigenvalue weighted by atomic mass is 35.5. The number of nitrogens with one attached hydrogen (secondary N) is 1. The Morgan fingerprint density at radius 2 is 2.07 bits per heavy atom. The Kier molecular flexibility index (Phi) is 6.04. The van der Waals surface area contributed by atoms with Crippen LogP contribution in [0.4, 0.5) is 19.2 Å². The molecule has 0 spiro atoms. The van der Waals surface area contributed by atoms with Gasteiger partial charge in [-0.3, -0.25) is 4.79 Å². The molecule has 2 heterocycles. The van der Waals surface area contributed by atoms with E-state index in [1.165, 1.54) is 4.90 Å². The molecule has 1 aliphatic rings. The average molecular weight is 433 g/mol. The van der Waals surface area contributed by atoms with Crippen LogP contribution in [0.15, 0.2) is 28.7 Å². The summed E-state index contributed by atoms with van der Waals surface area (Å²) < 4.78 is 47.7. The summed E-state index contributed by atoms with van der Waals surface area (Å²) >= 11 is 5.85. The lowest BCUT2D eigenvalue weighted by molar-refractivity contribution is -0.200. The maximum Gasteiger partial charge on any atom is 0.411 e. The lowest BCUT2D eigenvalue weighted by Crippen LogP contribution is -2.43. The van der Waals surface area contributed by atoms with Crippen LogP contribution in [-0.4, -0.2) is 58.5 Å². The first kappa shape index (κ1) is 21.4. The van der Waals surface area contributed by atoms with Gasteiger partial charge in [0.15, 0.2) is 0 Å². The predicted molar refractivity (Wildman–Crippen MR) is 99.4 cm³/mol. The van der Waals surface area contributed by atoms with Gasteiger partial charge in [-0.15, -0.1) is 5.10 Å². The van der Waals surface area contributed by atoms with Crippen molar-refractivity contribution in [2.24, 2.45) is 0 Å². The highest BCUT2D eigenvalue weighted by Gasteiger charge is 2.41. The number of carbonyl (C=O) groups excluding carboxylic acids is 1. The van der Waals surface area contributed by atoms with Crippen molar-refractivity contribution in [3.63, 3.8) is 0 Å². The number of alkyl halides is 3. The highest BCUT2D eigenvalue weighted by Crippen LogP contribution is 2.29. The fourth-order valence-electron chi connectivity index (χ4n) is 3.01. The zero-order chi connectivity index (χ0) is 21.2. The second-order valence-electron chi connectivity index (χ2n) is 7.15. The third kappa shape index (κ3) is 5.60. The summed E-state index contributed by atoms with van der Waals surface area (Å²) in [7, 11) is 0. The van der Waals surface area contributed by atoms with E-state index in [2.05, 4.69) is 15.5 Å². The summed E-state index contributed by atoms with van der Waals surface area (Å²) in [4.78, 5) is 14.1. The first-order valence-corrected chi connectivity index (χ1v) is 9.28. The predicted octanol–water partition coefficient (Wildman–Crippen LogP) is 3.76. The number of hydrogen-bond acceptors (Lipinski definition) is 6. The number of anilines is 1. The summed E-state index contributed by atoms with van der Waals surface area (Å²) in [6.07, 6.45) is -4.09. The van der Waals surface area contributed by atoms with Gasteiger partial charge in [-0.2, -0.15) is 13.2 Å². The van der Waals surface area contributed by atoms with Gasteiger partial charge in [0.25, 0.3) is 0 Å². The standard InChI is InChI=1S/C18H20ClF3N4O3/c1-11(15(27)26-8-7-17(2,9-26)28-10-18(20,21)22)23-16-25-24-14(29-16)12-3-5-13(19)6-4-12/h3-6,11H,7-10H2,1-2H3,(H,23,25)/t11-,17-/m1/s1. The molecule has 7 nitrogen and oxygen atoms in total. The van der Waals surface area contributed by atoms with E-state index in [0.717, 1.165) is 0 Å². The van der Waals surface area contributed by atoms with Gasteiger partial charge >= 0.3 is 12.2 Å². The number of ether oxygens (including phenoxy) is 1. The Labute approximate surface area is 170 Å². The first-order valence-electron chi connectivity index (χ1n) is 8.90. The molecule has 3 rings (SSSR count). The molecule has 1 saturated heterocycles. The minimum Gasteiger partial charge on any atom is -0.403 e. The molecule has 0 bridgehead atoms.